The molecule has 3 heterocycles. The Labute approximate surface area is 166 Å². The Morgan fingerprint density at radius 1 is 1.21 bits per heavy atom. The van der Waals surface area contributed by atoms with Gasteiger partial charge in [0.25, 0.3) is 0 Å². The first-order valence-corrected chi connectivity index (χ1v) is 10.6. The van der Waals surface area contributed by atoms with E-state index in [9.17, 15) is 14.3 Å². The van der Waals surface area contributed by atoms with Crippen molar-refractivity contribution in [1.82, 2.24) is 9.80 Å². The molecule has 0 aromatic heterocycles. The molecule has 0 radical (unpaired) electrons. The summed E-state index contributed by atoms with van der Waals surface area (Å²) < 4.78 is 19.0. The Morgan fingerprint density at radius 2 is 1.86 bits per heavy atom. The van der Waals surface area contributed by atoms with Crippen LogP contribution in [0.1, 0.15) is 56.6 Å². The van der Waals surface area contributed by atoms with Gasteiger partial charge in [0.15, 0.2) is 0 Å². The second kappa shape index (κ2) is 7.64. The van der Waals surface area contributed by atoms with Crippen molar-refractivity contribution < 1.29 is 19.0 Å². The highest BCUT2D eigenvalue weighted by Gasteiger charge is 2.46. The number of carbonyl (C=O) groups is 1. The molecule has 3 aliphatic rings. The molecule has 154 valence electrons. The number of carbonyl (C=O) groups excluding carboxylic acids is 1. The van der Waals surface area contributed by atoms with Crippen molar-refractivity contribution in [1.29, 1.82) is 0 Å². The molecule has 28 heavy (non-hydrogen) atoms. The van der Waals surface area contributed by atoms with E-state index in [1.54, 1.807) is 6.07 Å². The SMILES string of the molecule is CCOC(=O)N1C2CCC1CC(N1CCC(O)(c3cc(F)ccc3C)CC1)C2. The number of nitrogens with zero attached hydrogens (tertiary/aromatic N) is 2. The van der Waals surface area contributed by atoms with Gasteiger partial charge in [-0.15, -0.1) is 0 Å². The Balaban J connectivity index is 1.40. The fourth-order valence-corrected chi connectivity index (χ4v) is 5.57. The number of rotatable bonds is 3. The second-order valence-corrected chi connectivity index (χ2v) is 8.64. The standard InChI is InChI=1S/C22H31FN2O3/c1-3-28-21(26)25-17-6-7-18(25)14-19(13-17)24-10-8-22(27,9-11-24)20-12-16(23)5-4-15(20)2/h4-5,12,17-19,27H,3,6-11,13-14H2,1-2H3. The lowest BCUT2D eigenvalue weighted by molar-refractivity contribution is -0.0470. The Hall–Kier alpha value is -1.66. The fourth-order valence-electron chi connectivity index (χ4n) is 5.57. The predicted molar refractivity (Wildman–Crippen MR) is 105 cm³/mol. The first kappa shape index (κ1) is 19.6. The van der Waals surface area contributed by atoms with Crippen LogP contribution in [-0.2, 0) is 10.3 Å². The quantitative estimate of drug-likeness (QED) is 0.857. The van der Waals surface area contributed by atoms with Crippen molar-refractivity contribution in [2.24, 2.45) is 0 Å². The maximum atomic E-state index is 13.7. The number of ether oxygens (including phenoxy) is 1. The molecule has 6 heteroatoms. The molecule has 1 N–H and O–H groups in total. The van der Waals surface area contributed by atoms with E-state index in [1.165, 1.54) is 12.1 Å². The highest BCUT2D eigenvalue weighted by Crippen LogP contribution is 2.41. The third kappa shape index (κ3) is 3.52. The monoisotopic (exact) mass is 390 g/mol. The van der Waals surface area contributed by atoms with Crippen molar-refractivity contribution >= 4 is 6.09 Å². The summed E-state index contributed by atoms with van der Waals surface area (Å²) in [4.78, 5) is 16.7. The van der Waals surface area contributed by atoms with Crippen molar-refractivity contribution in [2.75, 3.05) is 19.7 Å². The Kier molecular flexibility index (Phi) is 5.36. The summed E-state index contributed by atoms with van der Waals surface area (Å²) >= 11 is 0. The summed E-state index contributed by atoms with van der Waals surface area (Å²) in [7, 11) is 0. The normalized spacial score (nSPS) is 29.7. The third-order valence-corrected chi connectivity index (χ3v) is 7.03. The number of benzene rings is 1. The van der Waals surface area contributed by atoms with Crippen molar-refractivity contribution in [3.63, 3.8) is 0 Å². The van der Waals surface area contributed by atoms with Gasteiger partial charge in [-0.05, 0) is 75.6 Å². The van der Waals surface area contributed by atoms with Crippen LogP contribution in [-0.4, -0.2) is 58.8 Å². The highest BCUT2D eigenvalue weighted by molar-refractivity contribution is 5.69. The second-order valence-electron chi connectivity index (χ2n) is 8.64. The van der Waals surface area contributed by atoms with Crippen LogP contribution in [0.15, 0.2) is 18.2 Å². The molecule has 2 atom stereocenters. The number of likely N-dealkylation sites (tertiary alicyclic amines) is 1. The highest BCUT2D eigenvalue weighted by atomic mass is 19.1. The topological polar surface area (TPSA) is 53.0 Å². The number of amides is 1. The van der Waals surface area contributed by atoms with Crippen molar-refractivity contribution in [3.05, 3.63) is 35.1 Å². The van der Waals surface area contributed by atoms with E-state index >= 15 is 0 Å². The van der Waals surface area contributed by atoms with Crippen molar-refractivity contribution in [2.45, 2.75) is 76.1 Å². The van der Waals surface area contributed by atoms with E-state index in [0.29, 0.717) is 25.5 Å². The number of piperidine rings is 2. The summed E-state index contributed by atoms with van der Waals surface area (Å²) in [6.45, 7) is 5.80. The van der Waals surface area contributed by atoms with Crippen LogP contribution in [0.4, 0.5) is 9.18 Å². The summed E-state index contributed by atoms with van der Waals surface area (Å²) in [6.07, 6.45) is 5.14. The van der Waals surface area contributed by atoms with Gasteiger partial charge >= 0.3 is 6.09 Å². The molecule has 2 unspecified atom stereocenters. The van der Waals surface area contributed by atoms with Crippen LogP contribution in [0.25, 0.3) is 0 Å². The van der Waals surface area contributed by atoms with Crippen LogP contribution in [0.3, 0.4) is 0 Å². The molecule has 3 saturated heterocycles. The summed E-state index contributed by atoms with van der Waals surface area (Å²) in [6, 6.07) is 5.68. The number of halogens is 1. The van der Waals surface area contributed by atoms with E-state index in [1.807, 2.05) is 18.7 Å². The maximum absolute atomic E-state index is 13.7. The molecular weight excluding hydrogens is 359 g/mol. The minimum absolute atomic E-state index is 0.164. The minimum atomic E-state index is -0.951. The Morgan fingerprint density at radius 3 is 2.46 bits per heavy atom. The van der Waals surface area contributed by atoms with Gasteiger partial charge in [0, 0.05) is 31.2 Å². The van der Waals surface area contributed by atoms with Gasteiger partial charge in [-0.25, -0.2) is 9.18 Å². The summed E-state index contributed by atoms with van der Waals surface area (Å²) in [5.41, 5.74) is 0.718. The number of fused-ring (bicyclic) bond motifs is 2. The largest absolute Gasteiger partial charge is 0.450 e. The molecule has 2 bridgehead atoms. The molecule has 0 spiro atoms. The number of aryl methyl sites for hydroxylation is 1. The molecule has 5 nitrogen and oxygen atoms in total. The van der Waals surface area contributed by atoms with Gasteiger partial charge in [0.2, 0.25) is 0 Å². The first-order chi connectivity index (χ1) is 13.4. The van der Waals surface area contributed by atoms with Gasteiger partial charge in [0.05, 0.1) is 12.2 Å². The zero-order chi connectivity index (χ0) is 19.9. The zero-order valence-electron chi connectivity index (χ0n) is 16.9. The fraction of sp³-hybridized carbons (Fsp3) is 0.682. The van der Waals surface area contributed by atoms with Gasteiger partial charge < -0.3 is 14.7 Å². The number of aliphatic hydroxyl groups is 1. The van der Waals surface area contributed by atoms with Gasteiger partial charge in [-0.3, -0.25) is 4.90 Å². The summed E-state index contributed by atoms with van der Waals surface area (Å²) in [5.74, 6) is -0.292. The molecule has 3 aliphatic heterocycles. The molecule has 0 saturated carbocycles. The van der Waals surface area contributed by atoms with Gasteiger partial charge in [-0.2, -0.15) is 0 Å². The molecule has 3 fully saturated rings. The van der Waals surface area contributed by atoms with E-state index in [-0.39, 0.29) is 24.0 Å². The lowest BCUT2D eigenvalue weighted by atomic mass is 9.81. The van der Waals surface area contributed by atoms with Crippen LogP contribution in [0.5, 0.6) is 0 Å². The van der Waals surface area contributed by atoms with E-state index in [4.69, 9.17) is 4.74 Å². The average molecular weight is 390 g/mol. The molecular formula is C22H31FN2O3. The van der Waals surface area contributed by atoms with Gasteiger partial charge in [-0.1, -0.05) is 6.07 Å². The molecule has 1 amide bonds. The maximum Gasteiger partial charge on any atom is 0.410 e. The molecule has 1 aromatic rings. The average Bonchev–Trinajstić information content (AvgIpc) is 2.94. The van der Waals surface area contributed by atoms with Crippen LogP contribution >= 0.6 is 0 Å². The molecule has 0 aliphatic carbocycles. The number of hydrogen-bond acceptors (Lipinski definition) is 4. The third-order valence-electron chi connectivity index (χ3n) is 7.03. The van der Waals surface area contributed by atoms with Gasteiger partial charge in [0.1, 0.15) is 5.82 Å². The van der Waals surface area contributed by atoms with Crippen LogP contribution in [0, 0.1) is 12.7 Å². The minimum Gasteiger partial charge on any atom is -0.450 e. The summed E-state index contributed by atoms with van der Waals surface area (Å²) in [5, 5.41) is 11.2. The predicted octanol–water partition coefficient (Wildman–Crippen LogP) is 3.57. The lowest BCUT2D eigenvalue weighted by Gasteiger charge is -2.46. The molecule has 4 rings (SSSR count). The van der Waals surface area contributed by atoms with E-state index in [2.05, 4.69) is 4.90 Å². The zero-order valence-corrected chi connectivity index (χ0v) is 16.9. The lowest BCUT2D eigenvalue weighted by Crippen LogP contribution is -2.55. The van der Waals surface area contributed by atoms with E-state index < -0.39 is 5.60 Å². The van der Waals surface area contributed by atoms with Crippen molar-refractivity contribution in [3.8, 4) is 0 Å². The first-order valence-electron chi connectivity index (χ1n) is 10.6. The Bertz CT molecular complexity index is 718. The number of hydrogen-bond donors (Lipinski definition) is 1. The smallest absolute Gasteiger partial charge is 0.410 e. The molecule has 1 aromatic carbocycles. The van der Waals surface area contributed by atoms with Crippen LogP contribution < -0.4 is 0 Å². The van der Waals surface area contributed by atoms with Crippen LogP contribution in [0.2, 0.25) is 0 Å². The van der Waals surface area contributed by atoms with E-state index in [0.717, 1.165) is 49.9 Å².